The van der Waals surface area contributed by atoms with Gasteiger partial charge in [0.15, 0.2) is 0 Å². The number of nitrogens with zero attached hydrogens (tertiary/aromatic N) is 1. The number of carbonyl (C=O) groups is 1. The van der Waals surface area contributed by atoms with Crippen LogP contribution in [0.25, 0.3) is 0 Å². The molecule has 0 atom stereocenters. The normalized spacial score (nSPS) is 10.4. The maximum absolute atomic E-state index is 11.9. The van der Waals surface area contributed by atoms with Crippen LogP contribution in [0.4, 0.5) is 0 Å². The number of hydrogen-bond donors (Lipinski definition) is 1. The second-order valence-corrected chi connectivity index (χ2v) is 5.57. The second kappa shape index (κ2) is 5.69. The van der Waals surface area contributed by atoms with Gasteiger partial charge in [-0.15, -0.1) is 11.3 Å². The zero-order chi connectivity index (χ0) is 13.1. The molecule has 0 saturated carbocycles. The predicted molar refractivity (Wildman–Crippen MR) is 74.5 cm³/mol. The number of aromatic nitrogens is 1. The first-order chi connectivity index (χ1) is 8.56. The van der Waals surface area contributed by atoms with Crippen molar-refractivity contribution in [1.29, 1.82) is 0 Å². The van der Waals surface area contributed by atoms with Crippen molar-refractivity contribution in [3.05, 3.63) is 49.9 Å². The quantitative estimate of drug-likeness (QED) is 0.939. The summed E-state index contributed by atoms with van der Waals surface area (Å²) in [7, 11) is 0. The van der Waals surface area contributed by atoms with Gasteiger partial charge in [0.05, 0.1) is 27.8 Å². The summed E-state index contributed by atoms with van der Waals surface area (Å²) >= 11 is 13.3. The van der Waals surface area contributed by atoms with Crippen molar-refractivity contribution >= 4 is 40.4 Å². The molecule has 1 aromatic heterocycles. The maximum atomic E-state index is 11.9. The van der Waals surface area contributed by atoms with E-state index in [1.807, 2.05) is 12.3 Å². The highest BCUT2D eigenvalue weighted by Crippen LogP contribution is 2.20. The number of carbonyl (C=O) groups excluding carboxylic acids is 1. The van der Waals surface area contributed by atoms with Crippen LogP contribution >= 0.6 is 34.5 Å². The monoisotopic (exact) mass is 300 g/mol. The van der Waals surface area contributed by atoms with Gasteiger partial charge in [0.2, 0.25) is 0 Å². The van der Waals surface area contributed by atoms with Gasteiger partial charge in [-0.05, 0) is 25.1 Å². The molecule has 0 unspecified atom stereocenters. The molecule has 1 heterocycles. The van der Waals surface area contributed by atoms with Crippen LogP contribution in [0.3, 0.4) is 0 Å². The lowest BCUT2D eigenvalue weighted by Gasteiger charge is -2.05. The first-order valence-electron chi connectivity index (χ1n) is 5.20. The van der Waals surface area contributed by atoms with Crippen molar-refractivity contribution < 1.29 is 4.79 Å². The number of aryl methyl sites for hydroxylation is 1. The highest BCUT2D eigenvalue weighted by molar-refractivity contribution is 7.09. The minimum atomic E-state index is -0.234. The second-order valence-electron chi connectivity index (χ2n) is 3.66. The van der Waals surface area contributed by atoms with Crippen LogP contribution in [0.1, 0.15) is 21.1 Å². The number of benzene rings is 1. The smallest absolute Gasteiger partial charge is 0.253 e. The minimum absolute atomic E-state index is 0.234. The van der Waals surface area contributed by atoms with Crippen LogP contribution in [0, 0.1) is 6.92 Å². The van der Waals surface area contributed by atoms with Crippen LogP contribution in [-0.2, 0) is 6.54 Å². The Morgan fingerprint density at radius 1 is 1.44 bits per heavy atom. The first kappa shape index (κ1) is 13.3. The SMILES string of the molecule is Cc1nc(CNC(=O)c2ccc(Cl)cc2Cl)cs1. The molecule has 0 aliphatic carbocycles. The van der Waals surface area contributed by atoms with Crippen molar-refractivity contribution in [3.8, 4) is 0 Å². The number of rotatable bonds is 3. The number of hydrogen-bond acceptors (Lipinski definition) is 3. The highest BCUT2D eigenvalue weighted by Gasteiger charge is 2.10. The van der Waals surface area contributed by atoms with Crippen LogP contribution in [0.5, 0.6) is 0 Å². The Balaban J connectivity index is 2.03. The van der Waals surface area contributed by atoms with Crippen molar-refractivity contribution in [3.63, 3.8) is 0 Å². The molecule has 0 fully saturated rings. The summed E-state index contributed by atoms with van der Waals surface area (Å²) in [6.07, 6.45) is 0. The van der Waals surface area contributed by atoms with Gasteiger partial charge >= 0.3 is 0 Å². The molecule has 1 N–H and O–H groups in total. The van der Waals surface area contributed by atoms with Gasteiger partial charge in [0.25, 0.3) is 5.91 Å². The fourth-order valence-electron chi connectivity index (χ4n) is 1.43. The molecule has 1 amide bonds. The largest absolute Gasteiger partial charge is 0.346 e. The molecular weight excluding hydrogens is 291 g/mol. The van der Waals surface area contributed by atoms with E-state index >= 15 is 0 Å². The van der Waals surface area contributed by atoms with E-state index in [9.17, 15) is 4.79 Å². The minimum Gasteiger partial charge on any atom is -0.346 e. The topological polar surface area (TPSA) is 42.0 Å². The molecule has 0 bridgehead atoms. The lowest BCUT2D eigenvalue weighted by atomic mass is 10.2. The molecule has 0 radical (unpaired) electrons. The fraction of sp³-hybridized carbons (Fsp3) is 0.167. The summed E-state index contributed by atoms with van der Waals surface area (Å²) in [5.41, 5.74) is 1.25. The summed E-state index contributed by atoms with van der Waals surface area (Å²) in [6.45, 7) is 2.31. The molecule has 6 heteroatoms. The Labute approximate surface area is 119 Å². The van der Waals surface area contributed by atoms with Crippen molar-refractivity contribution in [2.24, 2.45) is 0 Å². The molecule has 0 aliphatic rings. The van der Waals surface area contributed by atoms with Gasteiger partial charge < -0.3 is 5.32 Å². The predicted octanol–water partition coefficient (Wildman–Crippen LogP) is 3.69. The third-order valence-corrected chi connectivity index (χ3v) is 3.64. The number of thiazole rings is 1. The van der Waals surface area contributed by atoms with Gasteiger partial charge in [-0.25, -0.2) is 4.98 Å². The fourth-order valence-corrected chi connectivity index (χ4v) is 2.54. The Bertz CT molecular complexity index is 583. The molecule has 2 rings (SSSR count). The molecule has 18 heavy (non-hydrogen) atoms. The van der Waals surface area contributed by atoms with E-state index < -0.39 is 0 Å². The summed E-state index contributed by atoms with van der Waals surface area (Å²) in [6, 6.07) is 4.78. The number of halogens is 2. The van der Waals surface area contributed by atoms with Gasteiger partial charge in [-0.1, -0.05) is 23.2 Å². The van der Waals surface area contributed by atoms with Crippen LogP contribution in [0.2, 0.25) is 10.0 Å². The maximum Gasteiger partial charge on any atom is 0.253 e. The molecule has 94 valence electrons. The van der Waals surface area contributed by atoms with E-state index in [4.69, 9.17) is 23.2 Å². The van der Waals surface area contributed by atoms with Crippen LogP contribution in [0.15, 0.2) is 23.6 Å². The Hall–Kier alpha value is -1.10. The van der Waals surface area contributed by atoms with Crippen LogP contribution in [-0.4, -0.2) is 10.9 Å². The van der Waals surface area contributed by atoms with E-state index in [2.05, 4.69) is 10.3 Å². The lowest BCUT2D eigenvalue weighted by molar-refractivity contribution is 0.0950. The third-order valence-electron chi connectivity index (χ3n) is 2.27. The lowest BCUT2D eigenvalue weighted by Crippen LogP contribution is -2.23. The van der Waals surface area contributed by atoms with Gasteiger partial charge in [-0.3, -0.25) is 4.79 Å². The number of amides is 1. The van der Waals surface area contributed by atoms with E-state index in [1.165, 1.54) is 0 Å². The standard InChI is InChI=1S/C12H10Cl2N2OS/c1-7-16-9(6-18-7)5-15-12(17)10-3-2-8(13)4-11(10)14/h2-4,6H,5H2,1H3,(H,15,17). The van der Waals surface area contributed by atoms with E-state index in [0.29, 0.717) is 22.2 Å². The van der Waals surface area contributed by atoms with Crippen LogP contribution < -0.4 is 5.32 Å². The molecule has 0 aliphatic heterocycles. The average Bonchev–Trinajstić information content (AvgIpc) is 2.72. The van der Waals surface area contributed by atoms with Gasteiger partial charge in [0.1, 0.15) is 0 Å². The van der Waals surface area contributed by atoms with E-state index in [0.717, 1.165) is 10.7 Å². The molecule has 1 aromatic carbocycles. The molecule has 3 nitrogen and oxygen atoms in total. The molecule has 0 saturated heterocycles. The van der Waals surface area contributed by atoms with Gasteiger partial charge in [-0.2, -0.15) is 0 Å². The summed E-state index contributed by atoms with van der Waals surface area (Å²) in [5, 5.41) is 6.51. The van der Waals surface area contributed by atoms with Crippen molar-refractivity contribution in [2.45, 2.75) is 13.5 Å². The van der Waals surface area contributed by atoms with E-state index in [-0.39, 0.29) is 5.91 Å². The molecule has 2 aromatic rings. The summed E-state index contributed by atoms with van der Waals surface area (Å²) < 4.78 is 0. The average molecular weight is 301 g/mol. The Kier molecular flexibility index (Phi) is 4.22. The Morgan fingerprint density at radius 2 is 2.22 bits per heavy atom. The first-order valence-corrected chi connectivity index (χ1v) is 6.84. The van der Waals surface area contributed by atoms with Crippen molar-refractivity contribution in [2.75, 3.05) is 0 Å². The highest BCUT2D eigenvalue weighted by atomic mass is 35.5. The summed E-state index contributed by atoms with van der Waals surface area (Å²) in [5.74, 6) is -0.234. The number of nitrogens with one attached hydrogen (secondary N) is 1. The van der Waals surface area contributed by atoms with E-state index in [1.54, 1.807) is 29.5 Å². The molecule has 0 spiro atoms. The third kappa shape index (κ3) is 3.22. The molecular formula is C12H10Cl2N2OS. The van der Waals surface area contributed by atoms with Gasteiger partial charge in [0, 0.05) is 10.4 Å². The van der Waals surface area contributed by atoms with Crippen molar-refractivity contribution in [1.82, 2.24) is 10.3 Å². The Morgan fingerprint density at radius 3 is 2.83 bits per heavy atom. The zero-order valence-electron chi connectivity index (χ0n) is 9.54. The summed E-state index contributed by atoms with van der Waals surface area (Å²) in [4.78, 5) is 16.2. The zero-order valence-corrected chi connectivity index (χ0v) is 11.9.